The summed E-state index contributed by atoms with van der Waals surface area (Å²) in [6, 6.07) is 12.5. The fourth-order valence-corrected chi connectivity index (χ4v) is 2.66. The third-order valence-electron chi connectivity index (χ3n) is 3.54. The summed E-state index contributed by atoms with van der Waals surface area (Å²) in [6.07, 6.45) is 3.37. The molecule has 1 aliphatic rings. The van der Waals surface area contributed by atoms with Gasteiger partial charge in [-0.25, -0.2) is 0 Å². The minimum Gasteiger partial charge on any atom is -0.397 e. The maximum absolute atomic E-state index is 6.16. The number of nitrogens with two attached hydrogens (primary N) is 2. The van der Waals surface area contributed by atoms with Crippen molar-refractivity contribution < 1.29 is 0 Å². The second-order valence-electron chi connectivity index (χ2n) is 4.61. The van der Waals surface area contributed by atoms with Gasteiger partial charge in [0.25, 0.3) is 0 Å². The van der Waals surface area contributed by atoms with Crippen molar-refractivity contribution in [3.63, 3.8) is 0 Å². The quantitative estimate of drug-likeness (QED) is 0.676. The van der Waals surface area contributed by atoms with Gasteiger partial charge in [0.15, 0.2) is 0 Å². The summed E-state index contributed by atoms with van der Waals surface area (Å²) in [7, 11) is 0. The molecule has 0 heterocycles. The molecule has 0 radical (unpaired) electrons. The summed E-state index contributed by atoms with van der Waals surface area (Å²) in [6.45, 7) is 0. The molecular weight excluding hydrogens is 208 g/mol. The van der Waals surface area contributed by atoms with Gasteiger partial charge in [-0.2, -0.15) is 0 Å². The zero-order valence-corrected chi connectivity index (χ0v) is 9.74. The Kier molecular flexibility index (Phi) is 2.29. The first kappa shape index (κ1) is 10.2. The van der Waals surface area contributed by atoms with Crippen LogP contribution in [0.5, 0.6) is 0 Å². The van der Waals surface area contributed by atoms with Gasteiger partial charge in [-0.1, -0.05) is 30.3 Å². The fourth-order valence-electron chi connectivity index (χ4n) is 2.66. The van der Waals surface area contributed by atoms with Crippen LogP contribution in [0.25, 0.3) is 11.1 Å². The van der Waals surface area contributed by atoms with Crippen LogP contribution in [0.1, 0.15) is 17.5 Å². The Hall–Kier alpha value is -1.96. The Morgan fingerprint density at radius 1 is 0.824 bits per heavy atom. The van der Waals surface area contributed by atoms with Crippen LogP contribution in [0.3, 0.4) is 0 Å². The van der Waals surface area contributed by atoms with Crippen LogP contribution >= 0.6 is 0 Å². The lowest BCUT2D eigenvalue weighted by molar-refractivity contribution is 0.835. The van der Waals surface area contributed by atoms with Crippen LogP contribution < -0.4 is 11.5 Å². The average Bonchev–Trinajstić information content (AvgIpc) is 2.53. The molecule has 0 atom stereocenters. The fraction of sp³-hybridized carbons (Fsp3) is 0.200. The van der Waals surface area contributed by atoms with E-state index in [-0.39, 0.29) is 0 Å². The molecule has 0 saturated heterocycles. The average molecular weight is 224 g/mol. The molecule has 2 aromatic rings. The van der Waals surface area contributed by atoms with Gasteiger partial charge in [-0.15, -0.1) is 0 Å². The van der Waals surface area contributed by atoms with Crippen molar-refractivity contribution in [3.05, 3.63) is 47.5 Å². The van der Waals surface area contributed by atoms with Crippen LogP contribution in [0.2, 0.25) is 0 Å². The number of benzene rings is 2. The molecule has 1 aliphatic carbocycles. The van der Waals surface area contributed by atoms with E-state index in [0.29, 0.717) is 5.69 Å². The maximum atomic E-state index is 6.16. The SMILES string of the molecule is Nc1ccc2c(c1N)-c1ccccc1CCC2. The number of hydrogen-bond acceptors (Lipinski definition) is 2. The van der Waals surface area contributed by atoms with Crippen LogP contribution in [-0.4, -0.2) is 0 Å². The van der Waals surface area contributed by atoms with E-state index in [9.17, 15) is 0 Å². The Morgan fingerprint density at radius 3 is 2.47 bits per heavy atom. The normalized spacial score (nSPS) is 13.6. The van der Waals surface area contributed by atoms with Crippen molar-refractivity contribution in [1.82, 2.24) is 0 Å². The van der Waals surface area contributed by atoms with Gasteiger partial charge < -0.3 is 11.5 Å². The number of hydrogen-bond donors (Lipinski definition) is 2. The molecule has 86 valence electrons. The van der Waals surface area contributed by atoms with Crippen molar-refractivity contribution in [2.75, 3.05) is 11.5 Å². The largest absolute Gasteiger partial charge is 0.397 e. The van der Waals surface area contributed by atoms with Crippen LogP contribution in [0.4, 0.5) is 11.4 Å². The molecule has 2 heteroatoms. The Labute approximate surface area is 101 Å². The Morgan fingerprint density at radius 2 is 1.59 bits per heavy atom. The van der Waals surface area contributed by atoms with Gasteiger partial charge >= 0.3 is 0 Å². The van der Waals surface area contributed by atoms with E-state index >= 15 is 0 Å². The third kappa shape index (κ3) is 1.57. The van der Waals surface area contributed by atoms with Crippen molar-refractivity contribution in [2.24, 2.45) is 0 Å². The Bertz CT molecular complexity index is 573. The summed E-state index contributed by atoms with van der Waals surface area (Å²) in [4.78, 5) is 0. The summed E-state index contributed by atoms with van der Waals surface area (Å²) in [5.74, 6) is 0. The molecular formula is C15H16N2. The maximum Gasteiger partial charge on any atom is 0.0630 e. The minimum absolute atomic E-state index is 0.681. The summed E-state index contributed by atoms with van der Waals surface area (Å²) in [5, 5.41) is 0. The second-order valence-corrected chi connectivity index (χ2v) is 4.61. The van der Waals surface area contributed by atoms with Crippen LogP contribution in [-0.2, 0) is 12.8 Å². The van der Waals surface area contributed by atoms with Gasteiger partial charge in [-0.3, -0.25) is 0 Å². The van der Waals surface area contributed by atoms with Gasteiger partial charge in [0.05, 0.1) is 11.4 Å². The molecule has 0 fully saturated rings. The van der Waals surface area contributed by atoms with E-state index in [1.807, 2.05) is 6.07 Å². The topological polar surface area (TPSA) is 52.0 Å². The van der Waals surface area contributed by atoms with E-state index in [1.54, 1.807) is 0 Å². The van der Waals surface area contributed by atoms with E-state index < -0.39 is 0 Å². The highest BCUT2D eigenvalue weighted by Gasteiger charge is 2.17. The smallest absolute Gasteiger partial charge is 0.0630 e. The predicted octanol–water partition coefficient (Wildman–Crippen LogP) is 3.01. The van der Waals surface area contributed by atoms with Crippen LogP contribution in [0, 0.1) is 0 Å². The molecule has 4 N–H and O–H groups in total. The number of fused-ring (bicyclic) bond motifs is 3. The molecule has 0 bridgehead atoms. The van der Waals surface area contributed by atoms with Crippen LogP contribution in [0.15, 0.2) is 36.4 Å². The van der Waals surface area contributed by atoms with Crippen molar-refractivity contribution in [2.45, 2.75) is 19.3 Å². The van der Waals surface area contributed by atoms with E-state index in [0.717, 1.165) is 24.1 Å². The third-order valence-corrected chi connectivity index (χ3v) is 3.54. The van der Waals surface area contributed by atoms with Gasteiger partial charge in [-0.05, 0) is 42.0 Å². The first-order valence-corrected chi connectivity index (χ1v) is 6.02. The number of nitrogen functional groups attached to an aromatic ring is 2. The van der Waals surface area contributed by atoms with E-state index in [2.05, 4.69) is 30.3 Å². The molecule has 0 unspecified atom stereocenters. The monoisotopic (exact) mass is 224 g/mol. The van der Waals surface area contributed by atoms with Crippen molar-refractivity contribution >= 4 is 11.4 Å². The van der Waals surface area contributed by atoms with Gasteiger partial charge in [0.1, 0.15) is 0 Å². The number of aryl methyl sites for hydroxylation is 2. The number of rotatable bonds is 0. The standard InChI is InChI=1S/C15H16N2/c16-13-9-8-11-6-3-5-10-4-1-2-7-12(10)14(11)15(13)17/h1-2,4,7-9H,3,5-6,16-17H2. The molecule has 17 heavy (non-hydrogen) atoms. The van der Waals surface area contributed by atoms with E-state index in [4.69, 9.17) is 11.5 Å². The van der Waals surface area contributed by atoms with E-state index in [1.165, 1.54) is 23.1 Å². The zero-order valence-electron chi connectivity index (χ0n) is 9.74. The summed E-state index contributed by atoms with van der Waals surface area (Å²) >= 11 is 0. The zero-order chi connectivity index (χ0) is 11.8. The molecule has 2 aromatic carbocycles. The first-order chi connectivity index (χ1) is 8.27. The summed E-state index contributed by atoms with van der Waals surface area (Å²) in [5.41, 5.74) is 18.6. The highest BCUT2D eigenvalue weighted by Crippen LogP contribution is 2.38. The molecule has 2 nitrogen and oxygen atoms in total. The first-order valence-electron chi connectivity index (χ1n) is 6.02. The molecule has 0 amide bonds. The molecule has 0 spiro atoms. The lowest BCUT2D eigenvalue weighted by Crippen LogP contribution is -2.00. The lowest BCUT2D eigenvalue weighted by atomic mass is 9.94. The molecule has 0 aromatic heterocycles. The molecule has 0 saturated carbocycles. The predicted molar refractivity (Wildman–Crippen MR) is 72.7 cm³/mol. The lowest BCUT2D eigenvalue weighted by Gasteiger charge is -2.13. The van der Waals surface area contributed by atoms with Gasteiger partial charge in [0, 0.05) is 5.56 Å². The highest BCUT2D eigenvalue weighted by atomic mass is 14.7. The number of anilines is 2. The Balaban J connectivity index is 2.34. The second kappa shape index (κ2) is 3.81. The molecule has 3 rings (SSSR count). The van der Waals surface area contributed by atoms with Gasteiger partial charge in [0.2, 0.25) is 0 Å². The van der Waals surface area contributed by atoms with Crippen molar-refractivity contribution in [3.8, 4) is 11.1 Å². The minimum atomic E-state index is 0.681. The highest BCUT2D eigenvalue weighted by molar-refractivity contribution is 5.88. The molecule has 0 aliphatic heterocycles. The van der Waals surface area contributed by atoms with Crippen molar-refractivity contribution in [1.29, 1.82) is 0 Å². The summed E-state index contributed by atoms with van der Waals surface area (Å²) < 4.78 is 0.